The van der Waals surface area contributed by atoms with E-state index >= 15 is 0 Å². The lowest BCUT2D eigenvalue weighted by Gasteiger charge is -2.18. The summed E-state index contributed by atoms with van der Waals surface area (Å²) in [6.07, 6.45) is 4.62. The Kier molecular flexibility index (Phi) is 3.45. The Labute approximate surface area is 141 Å². The van der Waals surface area contributed by atoms with Crippen LogP contribution < -0.4 is 5.32 Å². The van der Waals surface area contributed by atoms with E-state index < -0.39 is 0 Å². The van der Waals surface area contributed by atoms with Crippen LogP contribution in [0.5, 0.6) is 0 Å². The molecule has 4 rings (SSSR count). The third-order valence-corrected chi connectivity index (χ3v) is 4.42. The summed E-state index contributed by atoms with van der Waals surface area (Å²) in [6.45, 7) is 4.89. The molecule has 0 fully saturated rings. The zero-order valence-electron chi connectivity index (χ0n) is 13.8. The van der Waals surface area contributed by atoms with Crippen LogP contribution in [0.1, 0.15) is 27.0 Å². The Morgan fingerprint density at radius 1 is 1.08 bits per heavy atom. The van der Waals surface area contributed by atoms with Gasteiger partial charge in [0.25, 0.3) is 5.91 Å². The number of aryl methyl sites for hydroxylation is 2. The Bertz CT molecular complexity index is 920. The maximum atomic E-state index is 12.1. The average molecular weight is 317 g/mol. The number of fused-ring (bicyclic) bond motifs is 1. The molecule has 1 aliphatic heterocycles. The van der Waals surface area contributed by atoms with Gasteiger partial charge < -0.3 is 5.32 Å². The van der Waals surface area contributed by atoms with Gasteiger partial charge >= 0.3 is 0 Å². The van der Waals surface area contributed by atoms with Crippen LogP contribution in [0.2, 0.25) is 0 Å². The molecule has 0 saturated heterocycles. The Morgan fingerprint density at radius 2 is 1.88 bits per heavy atom. The fourth-order valence-corrected chi connectivity index (χ4v) is 3.38. The van der Waals surface area contributed by atoms with E-state index in [4.69, 9.17) is 0 Å². The molecule has 1 aliphatic rings. The SMILES string of the molecule is Cc1cc(C)cc(-c2nccn2-c2ccc3c(c2)C(=O)NCC3)c1. The minimum absolute atomic E-state index is 0.00571. The predicted octanol–water partition coefficient (Wildman–Crippen LogP) is 3.44. The molecule has 1 N–H and O–H groups in total. The van der Waals surface area contributed by atoms with Gasteiger partial charge in [0.1, 0.15) is 5.82 Å². The molecule has 120 valence electrons. The summed E-state index contributed by atoms with van der Waals surface area (Å²) in [7, 11) is 0. The largest absolute Gasteiger partial charge is 0.352 e. The van der Waals surface area contributed by atoms with E-state index in [1.807, 2.05) is 16.8 Å². The lowest BCUT2D eigenvalue weighted by atomic mass is 9.99. The predicted molar refractivity (Wildman–Crippen MR) is 94.5 cm³/mol. The monoisotopic (exact) mass is 317 g/mol. The molecule has 0 unspecified atom stereocenters. The van der Waals surface area contributed by atoms with Crippen molar-refractivity contribution in [1.82, 2.24) is 14.9 Å². The van der Waals surface area contributed by atoms with Gasteiger partial charge in [0.05, 0.1) is 0 Å². The third kappa shape index (κ3) is 2.50. The zero-order valence-corrected chi connectivity index (χ0v) is 13.8. The number of carbonyl (C=O) groups excluding carboxylic acids is 1. The van der Waals surface area contributed by atoms with Crippen LogP contribution in [0.25, 0.3) is 17.1 Å². The lowest BCUT2D eigenvalue weighted by Crippen LogP contribution is -2.31. The molecular weight excluding hydrogens is 298 g/mol. The number of rotatable bonds is 2. The molecule has 1 aromatic heterocycles. The first-order chi connectivity index (χ1) is 11.6. The summed E-state index contributed by atoms with van der Waals surface area (Å²) in [6, 6.07) is 12.5. The quantitative estimate of drug-likeness (QED) is 0.787. The van der Waals surface area contributed by atoms with Gasteiger partial charge in [-0.1, -0.05) is 23.3 Å². The maximum Gasteiger partial charge on any atom is 0.251 e. The van der Waals surface area contributed by atoms with Gasteiger partial charge in [-0.25, -0.2) is 4.98 Å². The van der Waals surface area contributed by atoms with Crippen LogP contribution in [0, 0.1) is 13.8 Å². The summed E-state index contributed by atoms with van der Waals surface area (Å²) in [5, 5.41) is 2.91. The molecule has 0 bridgehead atoms. The molecular formula is C20H19N3O. The van der Waals surface area contributed by atoms with Crippen LogP contribution in [-0.4, -0.2) is 22.0 Å². The van der Waals surface area contributed by atoms with Crippen molar-refractivity contribution < 1.29 is 4.79 Å². The van der Waals surface area contributed by atoms with Crippen molar-refractivity contribution in [3.05, 3.63) is 71.0 Å². The molecule has 0 atom stereocenters. The van der Waals surface area contributed by atoms with E-state index in [-0.39, 0.29) is 5.91 Å². The molecule has 2 aromatic carbocycles. The van der Waals surface area contributed by atoms with E-state index in [0.29, 0.717) is 6.54 Å². The number of nitrogens with one attached hydrogen (secondary N) is 1. The molecule has 0 spiro atoms. The van der Waals surface area contributed by atoms with Gasteiger partial charge in [-0.15, -0.1) is 0 Å². The zero-order chi connectivity index (χ0) is 16.7. The number of nitrogens with zero attached hydrogens (tertiary/aromatic N) is 2. The van der Waals surface area contributed by atoms with Gasteiger partial charge in [0.15, 0.2) is 0 Å². The van der Waals surface area contributed by atoms with Crippen molar-refractivity contribution in [1.29, 1.82) is 0 Å². The van der Waals surface area contributed by atoms with E-state index in [2.05, 4.69) is 54.5 Å². The lowest BCUT2D eigenvalue weighted by molar-refractivity contribution is 0.0946. The first kappa shape index (κ1) is 14.7. The van der Waals surface area contributed by atoms with Gasteiger partial charge in [-0.05, 0) is 50.1 Å². The number of imidazole rings is 1. The van der Waals surface area contributed by atoms with Crippen LogP contribution in [0.15, 0.2) is 48.8 Å². The molecule has 4 heteroatoms. The fourth-order valence-electron chi connectivity index (χ4n) is 3.38. The summed E-state index contributed by atoms with van der Waals surface area (Å²) in [5.74, 6) is 0.893. The second-order valence-electron chi connectivity index (χ2n) is 6.34. The number of hydrogen-bond acceptors (Lipinski definition) is 2. The van der Waals surface area contributed by atoms with Gasteiger partial charge in [0.2, 0.25) is 0 Å². The smallest absolute Gasteiger partial charge is 0.251 e. The summed E-state index contributed by atoms with van der Waals surface area (Å²) < 4.78 is 2.04. The first-order valence-corrected chi connectivity index (χ1v) is 8.15. The summed E-state index contributed by atoms with van der Waals surface area (Å²) >= 11 is 0. The second kappa shape index (κ2) is 5.64. The number of hydrogen-bond donors (Lipinski definition) is 1. The molecule has 0 aliphatic carbocycles. The van der Waals surface area contributed by atoms with Crippen molar-refractivity contribution in [2.45, 2.75) is 20.3 Å². The third-order valence-electron chi connectivity index (χ3n) is 4.42. The van der Waals surface area contributed by atoms with Crippen LogP contribution in [0.3, 0.4) is 0 Å². The highest BCUT2D eigenvalue weighted by atomic mass is 16.1. The van der Waals surface area contributed by atoms with Gasteiger partial charge in [-0.3, -0.25) is 9.36 Å². The van der Waals surface area contributed by atoms with E-state index in [0.717, 1.165) is 34.6 Å². The second-order valence-corrected chi connectivity index (χ2v) is 6.34. The number of carbonyl (C=O) groups is 1. The standard InChI is InChI=1S/C20H19N3O/c1-13-9-14(2)11-16(10-13)19-21-7-8-23(19)17-4-3-15-5-6-22-20(24)18(15)12-17/h3-4,7-12H,5-6H2,1-2H3,(H,22,24). The van der Waals surface area contributed by atoms with Gasteiger partial charge in [0, 0.05) is 35.8 Å². The Hall–Kier alpha value is -2.88. The van der Waals surface area contributed by atoms with Crippen LogP contribution in [-0.2, 0) is 6.42 Å². The molecule has 2 heterocycles. The van der Waals surface area contributed by atoms with Gasteiger partial charge in [-0.2, -0.15) is 0 Å². The molecule has 4 nitrogen and oxygen atoms in total. The highest BCUT2D eigenvalue weighted by Gasteiger charge is 2.18. The van der Waals surface area contributed by atoms with Crippen molar-refractivity contribution in [3.63, 3.8) is 0 Å². The summed E-state index contributed by atoms with van der Waals surface area (Å²) in [4.78, 5) is 16.7. The highest BCUT2D eigenvalue weighted by Crippen LogP contribution is 2.25. The molecule has 1 amide bonds. The van der Waals surface area contributed by atoms with Crippen LogP contribution >= 0.6 is 0 Å². The van der Waals surface area contributed by atoms with Crippen molar-refractivity contribution >= 4 is 5.91 Å². The highest BCUT2D eigenvalue weighted by molar-refractivity contribution is 5.97. The normalized spacial score (nSPS) is 13.5. The first-order valence-electron chi connectivity index (χ1n) is 8.15. The van der Waals surface area contributed by atoms with Crippen molar-refractivity contribution in [2.24, 2.45) is 0 Å². The van der Waals surface area contributed by atoms with Crippen molar-refractivity contribution in [2.75, 3.05) is 6.54 Å². The Morgan fingerprint density at radius 3 is 2.67 bits per heavy atom. The average Bonchev–Trinajstić information content (AvgIpc) is 3.04. The molecule has 0 saturated carbocycles. The Balaban J connectivity index is 1.83. The maximum absolute atomic E-state index is 12.1. The van der Waals surface area contributed by atoms with Crippen LogP contribution in [0.4, 0.5) is 0 Å². The van der Waals surface area contributed by atoms with E-state index in [1.54, 1.807) is 6.20 Å². The topological polar surface area (TPSA) is 46.9 Å². The van der Waals surface area contributed by atoms with Crippen molar-refractivity contribution in [3.8, 4) is 17.1 Å². The molecule has 24 heavy (non-hydrogen) atoms. The fraction of sp³-hybridized carbons (Fsp3) is 0.200. The van der Waals surface area contributed by atoms with E-state index in [9.17, 15) is 4.79 Å². The minimum atomic E-state index is 0.00571. The molecule has 0 radical (unpaired) electrons. The summed E-state index contributed by atoms with van der Waals surface area (Å²) in [5.41, 5.74) is 6.33. The molecule has 3 aromatic rings. The number of aromatic nitrogens is 2. The van der Waals surface area contributed by atoms with E-state index in [1.165, 1.54) is 11.1 Å². The number of benzene rings is 2. The number of amides is 1. The minimum Gasteiger partial charge on any atom is -0.352 e.